The van der Waals surface area contributed by atoms with Crippen molar-refractivity contribution in [3.05, 3.63) is 27.7 Å². The molecule has 0 saturated carbocycles. The number of carbonyl (C=O) groups excluding carboxylic acids is 2. The molecule has 0 radical (unpaired) electrons. The fraction of sp³-hybridized carbons (Fsp3) is 0.429. The van der Waals surface area contributed by atoms with Crippen molar-refractivity contribution in [1.29, 1.82) is 0 Å². The Bertz CT molecular complexity index is 548. The van der Waals surface area contributed by atoms with Gasteiger partial charge in [-0.1, -0.05) is 11.6 Å². The number of rotatable bonds is 3. The van der Waals surface area contributed by atoms with E-state index in [1.54, 1.807) is 23.1 Å². The lowest BCUT2D eigenvalue weighted by Crippen LogP contribution is -2.33. The summed E-state index contributed by atoms with van der Waals surface area (Å²) >= 11 is 9.28. The highest BCUT2D eigenvalue weighted by molar-refractivity contribution is 9.10. The van der Waals surface area contributed by atoms with E-state index in [9.17, 15) is 9.59 Å². The zero-order chi connectivity index (χ0) is 14.9. The zero-order valence-electron chi connectivity index (χ0n) is 11.3. The minimum atomic E-state index is -0.299. The summed E-state index contributed by atoms with van der Waals surface area (Å²) in [7, 11) is 0. The van der Waals surface area contributed by atoms with E-state index < -0.39 is 0 Å². The van der Waals surface area contributed by atoms with Gasteiger partial charge >= 0.3 is 0 Å². The number of anilines is 1. The Hall–Kier alpha value is -1.07. The minimum Gasteiger partial charge on any atom is -0.339 e. The average Bonchev–Trinajstić information content (AvgIpc) is 2.76. The molecule has 108 valence electrons. The number of benzene rings is 1. The van der Waals surface area contributed by atoms with Gasteiger partial charge in [-0.2, -0.15) is 0 Å². The number of nitrogens with zero attached hydrogens (tertiary/aromatic N) is 1. The largest absolute Gasteiger partial charge is 0.339 e. The van der Waals surface area contributed by atoms with Crippen LogP contribution in [0.5, 0.6) is 0 Å². The third kappa shape index (κ3) is 3.33. The van der Waals surface area contributed by atoms with Crippen LogP contribution >= 0.6 is 27.5 Å². The Morgan fingerprint density at radius 3 is 2.75 bits per heavy atom. The maximum absolute atomic E-state index is 12.2. The van der Waals surface area contributed by atoms with Crippen molar-refractivity contribution in [2.75, 3.05) is 11.9 Å². The van der Waals surface area contributed by atoms with Gasteiger partial charge in [0.15, 0.2) is 0 Å². The number of hydrogen-bond donors (Lipinski definition) is 1. The number of hydrogen-bond acceptors (Lipinski definition) is 2. The molecule has 1 aliphatic heterocycles. The highest BCUT2D eigenvalue weighted by Gasteiger charge is 2.35. The van der Waals surface area contributed by atoms with Gasteiger partial charge in [-0.3, -0.25) is 9.59 Å². The molecule has 2 amide bonds. The molecule has 1 saturated heterocycles. The van der Waals surface area contributed by atoms with Crippen molar-refractivity contribution in [2.45, 2.75) is 26.3 Å². The van der Waals surface area contributed by atoms with Gasteiger partial charge in [0.1, 0.15) is 0 Å². The molecule has 20 heavy (non-hydrogen) atoms. The number of carbonyl (C=O) groups is 2. The van der Waals surface area contributed by atoms with Crippen LogP contribution in [0.4, 0.5) is 5.69 Å². The van der Waals surface area contributed by atoms with E-state index in [0.29, 0.717) is 17.3 Å². The van der Waals surface area contributed by atoms with Gasteiger partial charge in [-0.15, -0.1) is 0 Å². The standard InChI is InChI=1S/C14H16BrClN2O2/c1-8(2)18-7-9(5-13(18)19)14(20)17-10-3-4-11(15)12(16)6-10/h3-4,6,8-9H,5,7H2,1-2H3,(H,17,20)/t9-/m0/s1. The van der Waals surface area contributed by atoms with E-state index in [1.165, 1.54) is 0 Å². The first-order valence-electron chi connectivity index (χ1n) is 6.44. The van der Waals surface area contributed by atoms with E-state index in [2.05, 4.69) is 21.2 Å². The molecule has 1 atom stereocenters. The maximum Gasteiger partial charge on any atom is 0.229 e. The van der Waals surface area contributed by atoms with Crippen molar-refractivity contribution in [3.8, 4) is 0 Å². The third-order valence-corrected chi connectivity index (χ3v) is 4.57. The predicted octanol–water partition coefficient (Wildman–Crippen LogP) is 3.30. The summed E-state index contributed by atoms with van der Waals surface area (Å²) < 4.78 is 0.777. The molecule has 1 heterocycles. The molecule has 0 aliphatic carbocycles. The second kappa shape index (κ2) is 6.14. The fourth-order valence-electron chi connectivity index (χ4n) is 2.22. The maximum atomic E-state index is 12.2. The summed E-state index contributed by atoms with van der Waals surface area (Å²) in [5, 5.41) is 3.35. The van der Waals surface area contributed by atoms with Gasteiger partial charge in [-0.05, 0) is 48.0 Å². The van der Waals surface area contributed by atoms with E-state index in [0.717, 1.165) is 4.47 Å². The molecule has 4 nitrogen and oxygen atoms in total. The number of nitrogens with one attached hydrogen (secondary N) is 1. The van der Waals surface area contributed by atoms with E-state index in [4.69, 9.17) is 11.6 Å². The summed E-state index contributed by atoms with van der Waals surface area (Å²) in [6, 6.07) is 5.35. The van der Waals surface area contributed by atoms with Crippen molar-refractivity contribution in [3.63, 3.8) is 0 Å². The minimum absolute atomic E-state index is 0.0361. The second-order valence-corrected chi connectivity index (χ2v) is 6.42. The van der Waals surface area contributed by atoms with Crippen LogP contribution in [-0.2, 0) is 9.59 Å². The summed E-state index contributed by atoms with van der Waals surface area (Å²) in [5.74, 6) is -0.402. The molecule has 1 aromatic carbocycles. The summed E-state index contributed by atoms with van der Waals surface area (Å²) in [4.78, 5) is 25.7. The highest BCUT2D eigenvalue weighted by Crippen LogP contribution is 2.27. The molecule has 0 unspecified atom stereocenters. The predicted molar refractivity (Wildman–Crippen MR) is 82.7 cm³/mol. The Balaban J connectivity index is 2.02. The lowest BCUT2D eigenvalue weighted by Gasteiger charge is -2.20. The Labute approximate surface area is 131 Å². The first kappa shape index (κ1) is 15.3. The topological polar surface area (TPSA) is 49.4 Å². The molecule has 0 aromatic heterocycles. The van der Waals surface area contributed by atoms with Crippen molar-refractivity contribution in [1.82, 2.24) is 4.90 Å². The Morgan fingerprint density at radius 1 is 1.50 bits per heavy atom. The van der Waals surface area contributed by atoms with Crippen LogP contribution in [0, 0.1) is 5.92 Å². The second-order valence-electron chi connectivity index (χ2n) is 5.16. The molecule has 2 rings (SSSR count). The van der Waals surface area contributed by atoms with Crippen molar-refractivity contribution < 1.29 is 9.59 Å². The van der Waals surface area contributed by atoms with E-state index in [1.807, 2.05) is 13.8 Å². The number of halogens is 2. The zero-order valence-corrected chi connectivity index (χ0v) is 13.7. The summed E-state index contributed by atoms with van der Waals surface area (Å²) in [5.41, 5.74) is 0.638. The van der Waals surface area contributed by atoms with Gasteiger partial charge in [0.2, 0.25) is 11.8 Å². The molecular formula is C14H16BrClN2O2. The molecule has 1 N–H and O–H groups in total. The van der Waals surface area contributed by atoms with Gasteiger partial charge in [0.25, 0.3) is 0 Å². The van der Waals surface area contributed by atoms with Crippen LogP contribution in [0.2, 0.25) is 5.02 Å². The van der Waals surface area contributed by atoms with Gasteiger partial charge in [0, 0.05) is 29.2 Å². The monoisotopic (exact) mass is 358 g/mol. The molecule has 0 bridgehead atoms. The first-order valence-corrected chi connectivity index (χ1v) is 7.61. The van der Waals surface area contributed by atoms with Crippen LogP contribution < -0.4 is 5.32 Å². The lowest BCUT2D eigenvalue weighted by molar-refractivity contribution is -0.129. The van der Waals surface area contributed by atoms with Crippen LogP contribution in [0.1, 0.15) is 20.3 Å². The van der Waals surface area contributed by atoms with Crippen LogP contribution in [0.15, 0.2) is 22.7 Å². The smallest absolute Gasteiger partial charge is 0.229 e. The average molecular weight is 360 g/mol. The normalized spacial score (nSPS) is 18.8. The number of likely N-dealkylation sites (tertiary alicyclic amines) is 1. The van der Waals surface area contributed by atoms with Gasteiger partial charge in [0.05, 0.1) is 10.9 Å². The fourth-order valence-corrected chi connectivity index (χ4v) is 2.65. The summed E-state index contributed by atoms with van der Waals surface area (Å²) in [6.07, 6.45) is 0.272. The quantitative estimate of drug-likeness (QED) is 0.900. The van der Waals surface area contributed by atoms with Gasteiger partial charge in [-0.25, -0.2) is 0 Å². The highest BCUT2D eigenvalue weighted by atomic mass is 79.9. The van der Waals surface area contributed by atoms with E-state index in [-0.39, 0.29) is 30.2 Å². The number of amides is 2. The lowest BCUT2D eigenvalue weighted by atomic mass is 10.1. The Morgan fingerprint density at radius 2 is 2.20 bits per heavy atom. The Kier molecular flexibility index (Phi) is 4.70. The third-order valence-electron chi connectivity index (χ3n) is 3.34. The van der Waals surface area contributed by atoms with Crippen LogP contribution in [-0.4, -0.2) is 29.3 Å². The molecular weight excluding hydrogens is 344 g/mol. The van der Waals surface area contributed by atoms with Crippen molar-refractivity contribution in [2.24, 2.45) is 5.92 Å². The van der Waals surface area contributed by atoms with E-state index >= 15 is 0 Å². The van der Waals surface area contributed by atoms with Crippen molar-refractivity contribution >= 4 is 45.0 Å². The molecule has 1 aliphatic rings. The van der Waals surface area contributed by atoms with Crippen LogP contribution in [0.25, 0.3) is 0 Å². The van der Waals surface area contributed by atoms with Gasteiger partial charge < -0.3 is 10.2 Å². The molecule has 0 spiro atoms. The SMILES string of the molecule is CC(C)N1C[C@@H](C(=O)Nc2ccc(Br)c(Cl)c2)CC1=O. The van der Waals surface area contributed by atoms with Crippen LogP contribution in [0.3, 0.4) is 0 Å². The molecule has 1 fully saturated rings. The first-order chi connectivity index (χ1) is 9.38. The molecule has 1 aromatic rings. The summed E-state index contributed by atoms with van der Waals surface area (Å²) in [6.45, 7) is 4.38. The molecule has 6 heteroatoms.